The summed E-state index contributed by atoms with van der Waals surface area (Å²) in [4.78, 5) is 4.51. The lowest BCUT2D eigenvalue weighted by Gasteiger charge is -2.17. The largest absolute Gasteiger partial charge is 0.385 e. The Hall–Kier alpha value is -0.810. The zero-order valence-electron chi connectivity index (χ0n) is 12.3. The molecule has 0 unspecified atom stereocenters. The van der Waals surface area contributed by atoms with Crippen LogP contribution in [0.25, 0.3) is 0 Å². The molecule has 2 N–H and O–H groups in total. The topological polar surface area (TPSA) is 54.9 Å². The van der Waals surface area contributed by atoms with E-state index in [1.807, 2.05) is 0 Å². The van der Waals surface area contributed by atoms with E-state index in [2.05, 4.69) is 29.5 Å². The molecule has 0 aliphatic heterocycles. The van der Waals surface area contributed by atoms with Crippen molar-refractivity contribution in [3.63, 3.8) is 0 Å². The van der Waals surface area contributed by atoms with Gasteiger partial charge in [0.05, 0.1) is 6.61 Å². The third-order valence-electron chi connectivity index (χ3n) is 2.40. The van der Waals surface area contributed by atoms with Gasteiger partial charge in [-0.2, -0.15) is 0 Å². The summed E-state index contributed by atoms with van der Waals surface area (Å²) in [6.45, 7) is 7.40. The fraction of sp³-hybridized carbons (Fsp3) is 0.923. The standard InChI is InChI=1S/C13H29N3O2/c1-5-6-8-14-13(15-9-7-10-17-3)16-12(2)11-18-4/h12H,5-11H2,1-4H3,(H2,14,15,16)/t12-/m1/s1. The molecule has 0 aromatic carbocycles. The SMILES string of the molecule is CCCCNC(=NCCCOC)N[C@H](C)COC. The minimum atomic E-state index is 0.255. The molecule has 1 atom stereocenters. The van der Waals surface area contributed by atoms with Gasteiger partial charge in [0.2, 0.25) is 0 Å². The summed E-state index contributed by atoms with van der Waals surface area (Å²) >= 11 is 0. The molecule has 0 saturated heterocycles. The Morgan fingerprint density at radius 2 is 2.00 bits per heavy atom. The Morgan fingerprint density at radius 3 is 2.61 bits per heavy atom. The van der Waals surface area contributed by atoms with Crippen LogP contribution in [0.2, 0.25) is 0 Å². The van der Waals surface area contributed by atoms with Crippen molar-refractivity contribution in [2.75, 3.05) is 40.5 Å². The third-order valence-corrected chi connectivity index (χ3v) is 2.40. The molecule has 5 nitrogen and oxygen atoms in total. The quantitative estimate of drug-likeness (QED) is 0.354. The number of ether oxygens (including phenoxy) is 2. The zero-order chi connectivity index (χ0) is 13.6. The van der Waals surface area contributed by atoms with Gasteiger partial charge >= 0.3 is 0 Å². The zero-order valence-corrected chi connectivity index (χ0v) is 12.3. The number of rotatable bonds is 10. The van der Waals surface area contributed by atoms with Gasteiger partial charge in [0.1, 0.15) is 0 Å². The summed E-state index contributed by atoms with van der Waals surface area (Å²) in [5.74, 6) is 0.865. The van der Waals surface area contributed by atoms with Crippen molar-refractivity contribution in [1.82, 2.24) is 10.6 Å². The maximum Gasteiger partial charge on any atom is 0.191 e. The number of methoxy groups -OCH3 is 2. The lowest BCUT2D eigenvalue weighted by molar-refractivity contribution is 0.179. The van der Waals surface area contributed by atoms with Crippen molar-refractivity contribution >= 4 is 5.96 Å². The third kappa shape index (κ3) is 10.4. The van der Waals surface area contributed by atoms with Gasteiger partial charge in [-0.05, 0) is 19.8 Å². The van der Waals surface area contributed by atoms with Crippen molar-refractivity contribution in [3.05, 3.63) is 0 Å². The van der Waals surface area contributed by atoms with Crippen LogP contribution in [-0.2, 0) is 9.47 Å². The maximum atomic E-state index is 5.11. The van der Waals surface area contributed by atoms with E-state index < -0.39 is 0 Å². The van der Waals surface area contributed by atoms with E-state index in [0.717, 1.165) is 38.5 Å². The van der Waals surface area contributed by atoms with Crippen LogP contribution in [0.3, 0.4) is 0 Å². The van der Waals surface area contributed by atoms with Crippen molar-refractivity contribution in [3.8, 4) is 0 Å². The van der Waals surface area contributed by atoms with Crippen LogP contribution in [0.5, 0.6) is 0 Å². The summed E-state index contributed by atoms with van der Waals surface area (Å²) in [7, 11) is 3.42. The first kappa shape index (κ1) is 17.2. The number of hydrogen-bond donors (Lipinski definition) is 2. The molecule has 0 radical (unpaired) electrons. The fourth-order valence-corrected chi connectivity index (χ4v) is 1.46. The van der Waals surface area contributed by atoms with Crippen molar-refractivity contribution < 1.29 is 9.47 Å². The van der Waals surface area contributed by atoms with E-state index in [0.29, 0.717) is 6.61 Å². The van der Waals surface area contributed by atoms with Gasteiger partial charge < -0.3 is 20.1 Å². The van der Waals surface area contributed by atoms with Gasteiger partial charge in [-0.15, -0.1) is 0 Å². The molecule has 0 aliphatic carbocycles. The lowest BCUT2D eigenvalue weighted by atomic mass is 10.3. The van der Waals surface area contributed by atoms with E-state index in [1.54, 1.807) is 14.2 Å². The molecule has 18 heavy (non-hydrogen) atoms. The van der Waals surface area contributed by atoms with Gasteiger partial charge in [0.15, 0.2) is 5.96 Å². The molecule has 0 bridgehead atoms. The predicted octanol–water partition coefficient (Wildman–Crippen LogP) is 1.39. The second-order valence-electron chi connectivity index (χ2n) is 4.36. The number of guanidine groups is 1. The molecule has 0 spiro atoms. The van der Waals surface area contributed by atoms with E-state index in [4.69, 9.17) is 9.47 Å². The highest BCUT2D eigenvalue weighted by molar-refractivity contribution is 5.80. The van der Waals surface area contributed by atoms with Crippen molar-refractivity contribution in [2.45, 2.75) is 39.2 Å². The summed E-state index contributed by atoms with van der Waals surface area (Å²) in [5.41, 5.74) is 0. The Balaban J connectivity index is 4.05. The summed E-state index contributed by atoms with van der Waals surface area (Å²) < 4.78 is 10.1. The Labute approximate surface area is 111 Å². The number of unbranched alkanes of at least 4 members (excludes halogenated alkanes) is 1. The van der Waals surface area contributed by atoms with Gasteiger partial charge in [-0.3, -0.25) is 4.99 Å². The number of aliphatic imine (C=N–C) groups is 1. The highest BCUT2D eigenvalue weighted by atomic mass is 16.5. The van der Waals surface area contributed by atoms with E-state index in [1.165, 1.54) is 6.42 Å². The molecular weight excluding hydrogens is 230 g/mol. The number of hydrogen-bond acceptors (Lipinski definition) is 3. The molecule has 5 heteroatoms. The van der Waals surface area contributed by atoms with Crippen LogP contribution in [0.4, 0.5) is 0 Å². The number of nitrogens with zero attached hydrogens (tertiary/aromatic N) is 1. The smallest absolute Gasteiger partial charge is 0.191 e. The maximum absolute atomic E-state index is 5.11. The van der Waals surface area contributed by atoms with Crippen LogP contribution in [0.15, 0.2) is 4.99 Å². The number of nitrogens with one attached hydrogen (secondary N) is 2. The van der Waals surface area contributed by atoms with Crippen LogP contribution >= 0.6 is 0 Å². The summed E-state index contributed by atoms with van der Waals surface area (Å²) in [6.07, 6.45) is 3.27. The van der Waals surface area contributed by atoms with E-state index >= 15 is 0 Å². The van der Waals surface area contributed by atoms with E-state index in [9.17, 15) is 0 Å². The first-order chi connectivity index (χ1) is 8.74. The second kappa shape index (κ2) is 12.6. The van der Waals surface area contributed by atoms with Gasteiger partial charge in [0, 0.05) is 40.0 Å². The van der Waals surface area contributed by atoms with Crippen molar-refractivity contribution in [1.29, 1.82) is 0 Å². The van der Waals surface area contributed by atoms with Crippen LogP contribution in [-0.4, -0.2) is 52.5 Å². The van der Waals surface area contributed by atoms with Gasteiger partial charge in [-0.1, -0.05) is 13.3 Å². The second-order valence-corrected chi connectivity index (χ2v) is 4.36. The van der Waals surface area contributed by atoms with E-state index in [-0.39, 0.29) is 6.04 Å². The first-order valence-electron chi connectivity index (χ1n) is 6.77. The molecule has 0 saturated carbocycles. The summed E-state index contributed by atoms with van der Waals surface area (Å²) in [6, 6.07) is 0.255. The normalized spacial score (nSPS) is 13.4. The molecule has 0 fully saturated rings. The highest BCUT2D eigenvalue weighted by Gasteiger charge is 2.04. The van der Waals surface area contributed by atoms with Crippen LogP contribution < -0.4 is 10.6 Å². The average Bonchev–Trinajstić information content (AvgIpc) is 2.35. The monoisotopic (exact) mass is 259 g/mol. The molecule has 108 valence electrons. The lowest BCUT2D eigenvalue weighted by Crippen LogP contribution is -2.44. The average molecular weight is 259 g/mol. The Kier molecular flexibility index (Phi) is 12.1. The van der Waals surface area contributed by atoms with Crippen molar-refractivity contribution in [2.24, 2.45) is 4.99 Å². The molecule has 0 aliphatic rings. The van der Waals surface area contributed by atoms with Gasteiger partial charge in [0.25, 0.3) is 0 Å². The van der Waals surface area contributed by atoms with Crippen LogP contribution in [0.1, 0.15) is 33.1 Å². The highest BCUT2D eigenvalue weighted by Crippen LogP contribution is 1.88. The molecular formula is C13H29N3O2. The minimum absolute atomic E-state index is 0.255. The molecule has 0 aromatic heterocycles. The summed E-state index contributed by atoms with van der Waals surface area (Å²) in [5, 5.41) is 6.66. The Morgan fingerprint density at radius 1 is 1.22 bits per heavy atom. The first-order valence-corrected chi connectivity index (χ1v) is 6.77. The predicted molar refractivity (Wildman–Crippen MR) is 76.2 cm³/mol. The van der Waals surface area contributed by atoms with Gasteiger partial charge in [-0.25, -0.2) is 0 Å². The minimum Gasteiger partial charge on any atom is -0.385 e. The molecule has 0 rings (SSSR count). The molecule has 0 aromatic rings. The Bertz CT molecular complexity index is 210. The fourth-order valence-electron chi connectivity index (χ4n) is 1.46. The molecule has 0 amide bonds. The van der Waals surface area contributed by atoms with Crippen LogP contribution in [0, 0.1) is 0 Å². The molecule has 0 heterocycles.